The first-order chi connectivity index (χ1) is 11.9. The number of hydrogen-bond donors (Lipinski definition) is 2. The van der Waals surface area contributed by atoms with Crippen LogP contribution < -0.4 is 10.2 Å². The molecule has 0 radical (unpaired) electrons. The number of hydrogen-bond acceptors (Lipinski definition) is 3. The minimum atomic E-state index is -0.0591. The van der Waals surface area contributed by atoms with Crippen LogP contribution in [0.15, 0.2) is 42.5 Å². The second kappa shape index (κ2) is 7.52. The molecule has 0 aliphatic heterocycles. The second-order valence-electron chi connectivity index (χ2n) is 6.30. The summed E-state index contributed by atoms with van der Waals surface area (Å²) in [5.74, 6) is -0.0591. The van der Waals surface area contributed by atoms with E-state index in [0.29, 0.717) is 17.3 Å². The number of carbonyl (C=O) groups excluding carboxylic acids is 1. The third kappa shape index (κ3) is 4.18. The molecule has 0 aliphatic carbocycles. The van der Waals surface area contributed by atoms with Gasteiger partial charge in [-0.2, -0.15) is 0 Å². The Balaban J connectivity index is 1.66. The van der Waals surface area contributed by atoms with Crippen molar-refractivity contribution in [3.8, 4) is 0 Å². The first-order valence-electron chi connectivity index (χ1n) is 8.18. The molecule has 4 nitrogen and oxygen atoms in total. The molecule has 1 unspecified atom stereocenters. The molecule has 0 saturated carbocycles. The smallest absolute Gasteiger partial charge is 0.279 e. The molecule has 6 heteroatoms. The summed E-state index contributed by atoms with van der Waals surface area (Å²) in [5, 5.41) is 4.49. The second-order valence-corrected chi connectivity index (χ2v) is 7.77. The van der Waals surface area contributed by atoms with Crippen LogP contribution in [0.5, 0.6) is 0 Å². The maximum absolute atomic E-state index is 12.4. The van der Waals surface area contributed by atoms with Crippen LogP contribution in [0.3, 0.4) is 0 Å². The van der Waals surface area contributed by atoms with E-state index in [9.17, 15) is 4.79 Å². The lowest BCUT2D eigenvalue weighted by atomic mass is 10.2. The van der Waals surface area contributed by atoms with E-state index in [1.807, 2.05) is 50.4 Å². The molecule has 1 amide bonds. The average molecular weight is 375 g/mol. The predicted octanol–water partition coefficient (Wildman–Crippen LogP) is 3.47. The van der Waals surface area contributed by atoms with Crippen molar-refractivity contribution in [3.05, 3.63) is 58.1 Å². The van der Waals surface area contributed by atoms with Crippen molar-refractivity contribution in [2.45, 2.75) is 19.9 Å². The molecule has 3 rings (SSSR count). The molecule has 2 aromatic carbocycles. The van der Waals surface area contributed by atoms with Crippen LogP contribution in [0.1, 0.15) is 23.5 Å². The highest BCUT2D eigenvalue weighted by Gasteiger charge is 2.22. The number of halogens is 1. The van der Waals surface area contributed by atoms with Crippen molar-refractivity contribution < 1.29 is 9.69 Å². The summed E-state index contributed by atoms with van der Waals surface area (Å²) < 4.78 is 1.17. The first-order valence-corrected chi connectivity index (χ1v) is 9.37. The number of quaternary nitrogens is 1. The number of rotatable bonds is 5. The number of thiazole rings is 1. The van der Waals surface area contributed by atoms with Crippen LogP contribution in [-0.2, 0) is 4.79 Å². The molecular formula is C19H21ClN3OS+. The molecule has 130 valence electrons. The van der Waals surface area contributed by atoms with Gasteiger partial charge in [0.05, 0.1) is 28.0 Å². The molecule has 1 aromatic heterocycles. The van der Waals surface area contributed by atoms with E-state index in [-0.39, 0.29) is 11.9 Å². The summed E-state index contributed by atoms with van der Waals surface area (Å²) in [7, 11) is 2.01. The van der Waals surface area contributed by atoms with Gasteiger partial charge < -0.3 is 10.2 Å². The highest BCUT2D eigenvalue weighted by Crippen LogP contribution is 2.25. The SMILES string of the molecule is Cc1ccc(NC(=O)C[NH+](C)[C@@H](C)c2nc3ccccc3s2)c(Cl)c1. The highest BCUT2D eigenvalue weighted by atomic mass is 35.5. The Labute approximate surface area is 156 Å². The van der Waals surface area contributed by atoms with Gasteiger partial charge in [0.1, 0.15) is 6.04 Å². The normalized spacial score (nSPS) is 13.6. The van der Waals surface area contributed by atoms with Gasteiger partial charge in [-0.1, -0.05) is 29.8 Å². The Bertz CT molecular complexity index is 876. The summed E-state index contributed by atoms with van der Waals surface area (Å²) >= 11 is 7.87. The van der Waals surface area contributed by atoms with Gasteiger partial charge >= 0.3 is 0 Å². The van der Waals surface area contributed by atoms with Crippen LogP contribution >= 0.6 is 22.9 Å². The van der Waals surface area contributed by atoms with Crippen molar-refractivity contribution in [2.75, 3.05) is 18.9 Å². The molecule has 25 heavy (non-hydrogen) atoms. The zero-order chi connectivity index (χ0) is 18.0. The van der Waals surface area contributed by atoms with Crippen LogP contribution in [0, 0.1) is 6.92 Å². The number of benzene rings is 2. The minimum absolute atomic E-state index is 0.0591. The number of aromatic nitrogens is 1. The van der Waals surface area contributed by atoms with Crippen molar-refractivity contribution >= 4 is 44.7 Å². The fourth-order valence-electron chi connectivity index (χ4n) is 2.61. The van der Waals surface area contributed by atoms with Gasteiger partial charge in [0.25, 0.3) is 5.91 Å². The maximum atomic E-state index is 12.4. The molecule has 0 aliphatic rings. The molecule has 1 heterocycles. The summed E-state index contributed by atoms with van der Waals surface area (Å²) in [5.41, 5.74) is 2.73. The lowest BCUT2D eigenvalue weighted by Gasteiger charge is -2.19. The lowest BCUT2D eigenvalue weighted by Crippen LogP contribution is -3.10. The van der Waals surface area contributed by atoms with Crippen molar-refractivity contribution in [2.24, 2.45) is 0 Å². The molecular weight excluding hydrogens is 354 g/mol. The summed E-state index contributed by atoms with van der Waals surface area (Å²) in [6.07, 6.45) is 0. The topological polar surface area (TPSA) is 46.4 Å². The number of amides is 1. The number of para-hydroxylation sites is 1. The van der Waals surface area contributed by atoms with Gasteiger partial charge in [0.2, 0.25) is 0 Å². The summed E-state index contributed by atoms with van der Waals surface area (Å²) in [6, 6.07) is 13.8. The fourth-order valence-corrected chi connectivity index (χ4v) is 4.00. The van der Waals surface area contributed by atoms with E-state index in [2.05, 4.69) is 18.3 Å². The van der Waals surface area contributed by atoms with Gasteiger partial charge in [0.15, 0.2) is 11.6 Å². The number of likely N-dealkylation sites (N-methyl/N-ethyl adjacent to an activating group) is 1. The van der Waals surface area contributed by atoms with E-state index in [0.717, 1.165) is 21.0 Å². The van der Waals surface area contributed by atoms with Gasteiger partial charge in [-0.3, -0.25) is 4.79 Å². The van der Waals surface area contributed by atoms with Gasteiger partial charge in [-0.15, -0.1) is 11.3 Å². The van der Waals surface area contributed by atoms with Crippen molar-refractivity contribution in [1.82, 2.24) is 4.98 Å². The van der Waals surface area contributed by atoms with Gasteiger partial charge in [-0.25, -0.2) is 4.98 Å². The standard InChI is InChI=1S/C19H20ClN3OS/c1-12-8-9-15(14(20)10-12)21-18(24)11-23(3)13(2)19-22-16-6-4-5-7-17(16)25-19/h4-10,13H,11H2,1-3H3,(H,21,24)/p+1/t13-/m0/s1. The van der Waals surface area contributed by atoms with Crippen molar-refractivity contribution in [3.63, 3.8) is 0 Å². The number of nitrogens with zero attached hydrogens (tertiary/aromatic N) is 1. The Morgan fingerprint density at radius 3 is 2.80 bits per heavy atom. The number of aryl methyl sites for hydroxylation is 1. The number of carbonyl (C=O) groups is 1. The Morgan fingerprint density at radius 1 is 1.32 bits per heavy atom. The van der Waals surface area contributed by atoms with Crippen molar-refractivity contribution in [1.29, 1.82) is 0 Å². The molecule has 0 saturated heterocycles. The predicted molar refractivity (Wildman–Crippen MR) is 105 cm³/mol. The van der Waals surface area contributed by atoms with Gasteiger partial charge in [0, 0.05) is 0 Å². The van der Waals surface area contributed by atoms with Crippen LogP contribution in [-0.4, -0.2) is 24.5 Å². The molecule has 0 bridgehead atoms. The van der Waals surface area contributed by atoms with E-state index < -0.39 is 0 Å². The maximum Gasteiger partial charge on any atom is 0.279 e. The largest absolute Gasteiger partial charge is 0.322 e. The van der Waals surface area contributed by atoms with Crippen LogP contribution in [0.4, 0.5) is 5.69 Å². The van der Waals surface area contributed by atoms with E-state index >= 15 is 0 Å². The highest BCUT2D eigenvalue weighted by molar-refractivity contribution is 7.18. The first kappa shape index (κ1) is 17.9. The van der Waals surface area contributed by atoms with Crippen LogP contribution in [0.2, 0.25) is 5.02 Å². The summed E-state index contributed by atoms with van der Waals surface area (Å²) in [6.45, 7) is 4.41. The summed E-state index contributed by atoms with van der Waals surface area (Å²) in [4.78, 5) is 18.1. The third-order valence-corrected chi connectivity index (χ3v) is 5.79. The minimum Gasteiger partial charge on any atom is -0.322 e. The van der Waals surface area contributed by atoms with Crippen LogP contribution in [0.25, 0.3) is 10.2 Å². The lowest BCUT2D eigenvalue weighted by molar-refractivity contribution is -0.902. The van der Waals surface area contributed by atoms with E-state index in [4.69, 9.17) is 16.6 Å². The zero-order valence-electron chi connectivity index (χ0n) is 14.5. The molecule has 0 fully saturated rings. The fraction of sp³-hybridized carbons (Fsp3) is 0.263. The average Bonchev–Trinajstić information content (AvgIpc) is 3.00. The Hall–Kier alpha value is -1.95. The quantitative estimate of drug-likeness (QED) is 0.718. The molecule has 0 spiro atoms. The third-order valence-electron chi connectivity index (χ3n) is 4.26. The Morgan fingerprint density at radius 2 is 2.08 bits per heavy atom. The molecule has 3 aromatic rings. The zero-order valence-corrected chi connectivity index (χ0v) is 16.0. The number of fused-ring (bicyclic) bond motifs is 1. The molecule has 2 N–H and O–H groups in total. The number of anilines is 1. The van der Waals surface area contributed by atoms with Gasteiger partial charge in [-0.05, 0) is 43.7 Å². The molecule has 2 atom stereocenters. The van der Waals surface area contributed by atoms with E-state index in [1.54, 1.807) is 11.3 Å². The monoisotopic (exact) mass is 374 g/mol. The van der Waals surface area contributed by atoms with E-state index in [1.165, 1.54) is 4.70 Å². The number of nitrogens with one attached hydrogen (secondary N) is 2. The Kier molecular flexibility index (Phi) is 5.37.